The van der Waals surface area contributed by atoms with Crippen molar-refractivity contribution in [1.29, 1.82) is 0 Å². The largest absolute Gasteiger partial charge is 0.480 e. The molecule has 4 nitrogen and oxygen atoms in total. The molecule has 0 aliphatic carbocycles. The Balaban J connectivity index is 2.21. The highest BCUT2D eigenvalue weighted by Crippen LogP contribution is 2.10. The summed E-state index contributed by atoms with van der Waals surface area (Å²) >= 11 is 0. The molecule has 12 heavy (non-hydrogen) atoms. The van der Waals surface area contributed by atoms with Gasteiger partial charge in [0.05, 0.1) is 6.10 Å². The van der Waals surface area contributed by atoms with E-state index >= 15 is 0 Å². The van der Waals surface area contributed by atoms with Gasteiger partial charge in [0.1, 0.15) is 6.04 Å². The van der Waals surface area contributed by atoms with Crippen molar-refractivity contribution in [3.8, 4) is 0 Å². The van der Waals surface area contributed by atoms with E-state index in [1.54, 1.807) is 0 Å². The Labute approximate surface area is 71.9 Å². The highest BCUT2D eigenvalue weighted by Gasteiger charge is 2.29. The minimum Gasteiger partial charge on any atom is -0.480 e. The molecule has 0 unspecified atom stereocenters. The zero-order valence-corrected chi connectivity index (χ0v) is 7.25. The summed E-state index contributed by atoms with van der Waals surface area (Å²) in [6.45, 7) is 3.42. The monoisotopic (exact) mass is 173 g/mol. The zero-order chi connectivity index (χ0) is 8.97. The normalized spacial score (nSPS) is 29.1. The zero-order valence-electron chi connectivity index (χ0n) is 7.25. The summed E-state index contributed by atoms with van der Waals surface area (Å²) in [6, 6.07) is -0.410. The van der Waals surface area contributed by atoms with Crippen LogP contribution in [0.5, 0.6) is 0 Å². The van der Waals surface area contributed by atoms with Gasteiger partial charge in [-0.2, -0.15) is 0 Å². The van der Waals surface area contributed by atoms with E-state index in [9.17, 15) is 4.79 Å². The number of carbonyl (C=O) groups is 1. The van der Waals surface area contributed by atoms with E-state index in [1.807, 2.05) is 6.92 Å². The van der Waals surface area contributed by atoms with Crippen LogP contribution in [0.15, 0.2) is 0 Å². The summed E-state index contributed by atoms with van der Waals surface area (Å²) in [5, 5.41) is 11.5. The third-order valence-electron chi connectivity index (χ3n) is 1.95. The quantitative estimate of drug-likeness (QED) is 0.639. The predicted molar refractivity (Wildman–Crippen MR) is 44.1 cm³/mol. The lowest BCUT2D eigenvalue weighted by Crippen LogP contribution is -2.29. The van der Waals surface area contributed by atoms with Gasteiger partial charge < -0.3 is 15.2 Å². The van der Waals surface area contributed by atoms with Crippen molar-refractivity contribution in [2.24, 2.45) is 0 Å². The summed E-state index contributed by atoms with van der Waals surface area (Å²) in [7, 11) is 0. The lowest BCUT2D eigenvalue weighted by molar-refractivity contribution is -0.139. The molecule has 1 fully saturated rings. The van der Waals surface area contributed by atoms with Gasteiger partial charge >= 0.3 is 5.97 Å². The van der Waals surface area contributed by atoms with Gasteiger partial charge in [-0.25, -0.2) is 0 Å². The Kier molecular flexibility index (Phi) is 3.49. The fourth-order valence-electron chi connectivity index (χ4n) is 1.30. The van der Waals surface area contributed by atoms with Crippen LogP contribution in [-0.2, 0) is 9.53 Å². The standard InChI is InChI=1S/C8H15NO3/c1-2-3-12-6-4-7(8(10)11)9-5-6/h6-7,9H,2-5H2,1H3,(H,10,11)/t6-,7+/m1/s1. The molecule has 0 saturated carbocycles. The van der Waals surface area contributed by atoms with Crippen molar-refractivity contribution in [2.75, 3.05) is 13.2 Å². The molecule has 1 heterocycles. The van der Waals surface area contributed by atoms with Crippen LogP contribution in [0.25, 0.3) is 0 Å². The van der Waals surface area contributed by atoms with Crippen LogP contribution < -0.4 is 5.32 Å². The molecule has 1 rings (SSSR count). The number of carboxylic acids is 1. The molecular weight excluding hydrogens is 158 g/mol. The fraction of sp³-hybridized carbons (Fsp3) is 0.875. The van der Waals surface area contributed by atoms with Gasteiger partial charge in [0.2, 0.25) is 0 Å². The predicted octanol–water partition coefficient (Wildman–Crippen LogP) is 0.228. The van der Waals surface area contributed by atoms with E-state index in [1.165, 1.54) is 0 Å². The van der Waals surface area contributed by atoms with Crippen molar-refractivity contribution in [3.63, 3.8) is 0 Å². The molecule has 1 aliphatic rings. The molecule has 2 N–H and O–H groups in total. The summed E-state index contributed by atoms with van der Waals surface area (Å²) < 4.78 is 5.41. The van der Waals surface area contributed by atoms with E-state index in [0.717, 1.165) is 13.0 Å². The van der Waals surface area contributed by atoms with Gasteiger partial charge in [0.15, 0.2) is 0 Å². The summed E-state index contributed by atoms with van der Waals surface area (Å²) in [5.74, 6) is -0.780. The van der Waals surface area contributed by atoms with E-state index in [0.29, 0.717) is 13.0 Å². The third-order valence-corrected chi connectivity index (χ3v) is 1.95. The maximum absolute atomic E-state index is 10.5. The Morgan fingerprint density at radius 2 is 2.50 bits per heavy atom. The van der Waals surface area contributed by atoms with Crippen molar-refractivity contribution in [1.82, 2.24) is 5.32 Å². The Morgan fingerprint density at radius 3 is 3.00 bits per heavy atom. The second-order valence-corrected chi connectivity index (χ2v) is 3.03. The van der Waals surface area contributed by atoms with Crippen molar-refractivity contribution >= 4 is 5.97 Å². The smallest absolute Gasteiger partial charge is 0.320 e. The second-order valence-electron chi connectivity index (χ2n) is 3.03. The fourth-order valence-corrected chi connectivity index (χ4v) is 1.30. The molecule has 1 saturated heterocycles. The molecule has 1 aliphatic heterocycles. The highest BCUT2D eigenvalue weighted by atomic mass is 16.5. The first-order valence-electron chi connectivity index (χ1n) is 4.31. The van der Waals surface area contributed by atoms with Crippen LogP contribution in [-0.4, -0.2) is 36.4 Å². The molecule has 0 aromatic carbocycles. The van der Waals surface area contributed by atoms with Gasteiger partial charge in [0, 0.05) is 19.6 Å². The molecule has 70 valence electrons. The average molecular weight is 173 g/mol. The Morgan fingerprint density at radius 1 is 1.75 bits per heavy atom. The number of carboxylic acid groups (broad SMARTS) is 1. The Bertz CT molecular complexity index is 160. The van der Waals surface area contributed by atoms with Gasteiger partial charge in [0.25, 0.3) is 0 Å². The first kappa shape index (κ1) is 9.48. The minimum atomic E-state index is -0.780. The van der Waals surface area contributed by atoms with E-state index in [2.05, 4.69) is 5.32 Å². The number of rotatable bonds is 4. The van der Waals surface area contributed by atoms with Gasteiger partial charge in [-0.3, -0.25) is 4.79 Å². The molecule has 0 spiro atoms. The molecule has 0 amide bonds. The summed E-state index contributed by atoms with van der Waals surface area (Å²) in [4.78, 5) is 10.5. The number of hydrogen-bond donors (Lipinski definition) is 2. The molecule has 0 radical (unpaired) electrons. The van der Waals surface area contributed by atoms with E-state index < -0.39 is 12.0 Å². The molecule has 0 aromatic rings. The van der Waals surface area contributed by atoms with Crippen molar-refractivity contribution in [3.05, 3.63) is 0 Å². The Hall–Kier alpha value is -0.610. The molecule has 4 heteroatoms. The second kappa shape index (κ2) is 4.42. The maximum atomic E-state index is 10.5. The molecular formula is C8H15NO3. The first-order chi connectivity index (χ1) is 5.74. The van der Waals surface area contributed by atoms with Crippen LogP contribution in [0.4, 0.5) is 0 Å². The van der Waals surface area contributed by atoms with E-state index in [-0.39, 0.29) is 6.10 Å². The highest BCUT2D eigenvalue weighted by molar-refractivity contribution is 5.73. The van der Waals surface area contributed by atoms with Crippen LogP contribution >= 0.6 is 0 Å². The van der Waals surface area contributed by atoms with Gasteiger partial charge in [-0.15, -0.1) is 0 Å². The van der Waals surface area contributed by atoms with Gasteiger partial charge in [-0.1, -0.05) is 6.92 Å². The van der Waals surface area contributed by atoms with Crippen LogP contribution in [0.1, 0.15) is 19.8 Å². The lowest BCUT2D eigenvalue weighted by atomic mass is 10.2. The molecule has 0 aromatic heterocycles. The van der Waals surface area contributed by atoms with E-state index in [4.69, 9.17) is 9.84 Å². The van der Waals surface area contributed by atoms with Crippen LogP contribution in [0.2, 0.25) is 0 Å². The topological polar surface area (TPSA) is 58.6 Å². The number of nitrogens with one attached hydrogen (secondary N) is 1. The van der Waals surface area contributed by atoms with Crippen molar-refractivity contribution < 1.29 is 14.6 Å². The molecule has 2 atom stereocenters. The van der Waals surface area contributed by atoms with Gasteiger partial charge in [-0.05, 0) is 6.42 Å². The maximum Gasteiger partial charge on any atom is 0.320 e. The van der Waals surface area contributed by atoms with Crippen molar-refractivity contribution in [2.45, 2.75) is 31.9 Å². The summed E-state index contributed by atoms with van der Waals surface area (Å²) in [6.07, 6.45) is 1.66. The average Bonchev–Trinajstić information content (AvgIpc) is 2.48. The SMILES string of the molecule is CCCO[C@H]1CN[C@H](C(=O)O)C1. The summed E-state index contributed by atoms with van der Waals surface area (Å²) in [5.41, 5.74) is 0. The number of ether oxygens (including phenoxy) is 1. The third kappa shape index (κ3) is 2.46. The number of aliphatic carboxylic acids is 1. The lowest BCUT2D eigenvalue weighted by Gasteiger charge is -2.08. The molecule has 0 bridgehead atoms. The minimum absolute atomic E-state index is 0.0889. The first-order valence-corrected chi connectivity index (χ1v) is 4.31. The van der Waals surface area contributed by atoms with Crippen LogP contribution in [0.3, 0.4) is 0 Å². The van der Waals surface area contributed by atoms with Crippen LogP contribution in [0, 0.1) is 0 Å². The number of hydrogen-bond acceptors (Lipinski definition) is 3.